The Kier molecular flexibility index (Phi) is 4.75. The second-order valence-electron chi connectivity index (χ2n) is 5.33. The van der Waals surface area contributed by atoms with Crippen LogP contribution in [0.3, 0.4) is 0 Å². The lowest BCUT2D eigenvalue weighted by molar-refractivity contribution is 0.100. The smallest absolute Gasteiger partial charge is 0.252 e. The van der Waals surface area contributed by atoms with E-state index in [1.54, 1.807) is 12.3 Å². The molecule has 0 aliphatic heterocycles. The van der Waals surface area contributed by atoms with Gasteiger partial charge in [0.05, 0.1) is 17.4 Å². The fourth-order valence-corrected chi connectivity index (χ4v) is 3.62. The van der Waals surface area contributed by atoms with Crippen molar-refractivity contribution in [2.24, 2.45) is 5.73 Å². The number of aromatic nitrogens is 1. The molecule has 0 saturated heterocycles. The molecule has 110 valence electrons. The molecule has 0 atom stereocenters. The van der Waals surface area contributed by atoms with Gasteiger partial charge in [0.25, 0.3) is 5.91 Å². The Morgan fingerprint density at radius 2 is 2.15 bits per heavy atom. The molecule has 0 radical (unpaired) electrons. The molecule has 20 heavy (non-hydrogen) atoms. The van der Waals surface area contributed by atoms with Gasteiger partial charge in [0.1, 0.15) is 5.82 Å². The van der Waals surface area contributed by atoms with E-state index in [-0.39, 0.29) is 4.75 Å². The summed E-state index contributed by atoms with van der Waals surface area (Å²) in [5, 5.41) is 3.29. The number of pyridine rings is 1. The van der Waals surface area contributed by atoms with Crippen molar-refractivity contribution in [3.05, 3.63) is 17.8 Å². The molecular formula is C14H22N4OS. The maximum absolute atomic E-state index is 11.5. The first-order valence-corrected chi connectivity index (χ1v) is 8.13. The van der Waals surface area contributed by atoms with Crippen molar-refractivity contribution >= 4 is 29.2 Å². The molecule has 5 N–H and O–H groups in total. The number of nitrogens with zero attached hydrogens (tertiary/aromatic N) is 1. The molecule has 0 aromatic carbocycles. The molecule has 1 aliphatic carbocycles. The normalized spacial score (nSPS) is 17.6. The standard InChI is InChI=1S/C14H22N4OS/c1-20-14(5-3-2-4-6-14)9-18-13-11(12(16)19)7-10(15)8-17-13/h7-8H,2-6,9,15H2,1H3,(H2,16,19)(H,17,18). The van der Waals surface area contributed by atoms with Crippen LogP contribution in [-0.2, 0) is 0 Å². The highest BCUT2D eigenvalue weighted by molar-refractivity contribution is 8.00. The van der Waals surface area contributed by atoms with E-state index in [0.717, 1.165) is 6.54 Å². The van der Waals surface area contributed by atoms with Crippen molar-refractivity contribution < 1.29 is 4.79 Å². The summed E-state index contributed by atoms with van der Waals surface area (Å²) in [6, 6.07) is 1.57. The summed E-state index contributed by atoms with van der Waals surface area (Å²) in [4.78, 5) is 15.7. The number of hydrogen-bond acceptors (Lipinski definition) is 5. The third-order valence-electron chi connectivity index (χ3n) is 3.95. The van der Waals surface area contributed by atoms with Crippen LogP contribution in [0.4, 0.5) is 11.5 Å². The number of amides is 1. The van der Waals surface area contributed by atoms with Crippen LogP contribution in [0.1, 0.15) is 42.5 Å². The van der Waals surface area contributed by atoms with Gasteiger partial charge in [0, 0.05) is 11.3 Å². The number of rotatable bonds is 5. The van der Waals surface area contributed by atoms with E-state index in [1.165, 1.54) is 32.1 Å². The van der Waals surface area contributed by atoms with Gasteiger partial charge < -0.3 is 16.8 Å². The van der Waals surface area contributed by atoms with Gasteiger partial charge in [-0.15, -0.1) is 0 Å². The van der Waals surface area contributed by atoms with Crippen LogP contribution in [0.25, 0.3) is 0 Å². The molecule has 1 amide bonds. The van der Waals surface area contributed by atoms with Crippen LogP contribution in [0.2, 0.25) is 0 Å². The number of carbonyl (C=O) groups is 1. The molecule has 0 unspecified atom stereocenters. The van der Waals surface area contributed by atoms with Crippen LogP contribution in [0, 0.1) is 0 Å². The summed E-state index contributed by atoms with van der Waals surface area (Å²) in [6.45, 7) is 0.797. The Bertz CT molecular complexity index is 486. The van der Waals surface area contributed by atoms with Gasteiger partial charge in [-0.2, -0.15) is 11.8 Å². The van der Waals surface area contributed by atoms with Crippen molar-refractivity contribution in [2.45, 2.75) is 36.9 Å². The number of nitrogens with one attached hydrogen (secondary N) is 1. The fourth-order valence-electron chi connectivity index (χ4n) is 2.70. The van der Waals surface area contributed by atoms with Crippen LogP contribution < -0.4 is 16.8 Å². The van der Waals surface area contributed by atoms with Gasteiger partial charge in [-0.05, 0) is 25.2 Å². The van der Waals surface area contributed by atoms with E-state index < -0.39 is 5.91 Å². The van der Waals surface area contributed by atoms with E-state index in [4.69, 9.17) is 11.5 Å². The predicted molar refractivity (Wildman–Crippen MR) is 85.0 cm³/mol. The van der Waals surface area contributed by atoms with Crippen LogP contribution >= 0.6 is 11.8 Å². The molecule has 1 heterocycles. The lowest BCUT2D eigenvalue weighted by Gasteiger charge is -2.36. The van der Waals surface area contributed by atoms with Crippen LogP contribution in [0.15, 0.2) is 12.3 Å². The van der Waals surface area contributed by atoms with Gasteiger partial charge in [0.2, 0.25) is 0 Å². The number of nitrogen functional groups attached to an aromatic ring is 1. The first-order valence-electron chi connectivity index (χ1n) is 6.91. The predicted octanol–water partition coefficient (Wildman–Crippen LogP) is 2.24. The van der Waals surface area contributed by atoms with Crippen LogP contribution in [-0.4, -0.2) is 28.4 Å². The second-order valence-corrected chi connectivity index (χ2v) is 6.60. The summed E-state index contributed by atoms with van der Waals surface area (Å²) in [5.41, 5.74) is 11.8. The maximum atomic E-state index is 11.5. The lowest BCUT2D eigenvalue weighted by Crippen LogP contribution is -2.36. The average Bonchev–Trinajstić information content (AvgIpc) is 2.47. The Hall–Kier alpha value is -1.43. The molecule has 6 heteroatoms. The minimum atomic E-state index is -0.505. The lowest BCUT2D eigenvalue weighted by atomic mass is 9.88. The SMILES string of the molecule is CSC1(CNc2ncc(N)cc2C(N)=O)CCCCC1. The van der Waals surface area contributed by atoms with E-state index in [2.05, 4.69) is 16.6 Å². The zero-order valence-corrected chi connectivity index (χ0v) is 12.6. The van der Waals surface area contributed by atoms with Gasteiger partial charge >= 0.3 is 0 Å². The quantitative estimate of drug-likeness (QED) is 0.774. The van der Waals surface area contributed by atoms with E-state index in [9.17, 15) is 4.79 Å². The number of hydrogen-bond donors (Lipinski definition) is 3. The van der Waals surface area contributed by atoms with Gasteiger partial charge in [0.15, 0.2) is 0 Å². The highest BCUT2D eigenvalue weighted by Gasteiger charge is 2.31. The van der Waals surface area contributed by atoms with Crippen molar-refractivity contribution in [3.8, 4) is 0 Å². The summed E-state index contributed by atoms with van der Waals surface area (Å²) >= 11 is 1.90. The van der Waals surface area contributed by atoms with Gasteiger partial charge in [-0.25, -0.2) is 4.98 Å². The third-order valence-corrected chi connectivity index (χ3v) is 5.37. The Balaban J connectivity index is 2.11. The monoisotopic (exact) mass is 294 g/mol. The molecule has 5 nitrogen and oxygen atoms in total. The number of anilines is 2. The second kappa shape index (κ2) is 6.35. The number of nitrogens with two attached hydrogens (primary N) is 2. The van der Waals surface area contributed by atoms with Crippen molar-refractivity contribution in [1.29, 1.82) is 0 Å². The zero-order valence-electron chi connectivity index (χ0n) is 11.8. The average molecular weight is 294 g/mol. The van der Waals surface area contributed by atoms with Crippen molar-refractivity contribution in [2.75, 3.05) is 23.9 Å². The molecule has 1 aromatic rings. The molecule has 1 fully saturated rings. The zero-order chi connectivity index (χ0) is 14.6. The minimum Gasteiger partial charge on any atom is -0.397 e. The highest BCUT2D eigenvalue weighted by Crippen LogP contribution is 2.38. The molecule has 0 spiro atoms. The Morgan fingerprint density at radius 3 is 2.75 bits per heavy atom. The number of carbonyl (C=O) groups excluding carboxylic acids is 1. The molecule has 1 aliphatic rings. The van der Waals surface area contributed by atoms with Gasteiger partial charge in [-0.3, -0.25) is 4.79 Å². The molecule has 1 saturated carbocycles. The van der Waals surface area contributed by atoms with Crippen molar-refractivity contribution in [1.82, 2.24) is 4.98 Å². The number of thioether (sulfide) groups is 1. The van der Waals surface area contributed by atoms with Gasteiger partial charge in [-0.1, -0.05) is 19.3 Å². The van der Waals surface area contributed by atoms with E-state index in [0.29, 0.717) is 17.1 Å². The third kappa shape index (κ3) is 3.36. The molecular weight excluding hydrogens is 272 g/mol. The molecule has 0 bridgehead atoms. The topological polar surface area (TPSA) is 94.0 Å². The maximum Gasteiger partial charge on any atom is 0.252 e. The Labute approximate surface area is 123 Å². The summed E-state index contributed by atoms with van der Waals surface area (Å²) in [5.74, 6) is 0.0276. The van der Waals surface area contributed by atoms with E-state index in [1.807, 2.05) is 11.8 Å². The Morgan fingerprint density at radius 1 is 1.45 bits per heavy atom. The van der Waals surface area contributed by atoms with Crippen LogP contribution in [0.5, 0.6) is 0 Å². The summed E-state index contributed by atoms with van der Waals surface area (Å²) in [6.07, 6.45) is 9.93. The summed E-state index contributed by atoms with van der Waals surface area (Å²) < 4.78 is 0.232. The first-order chi connectivity index (χ1) is 9.56. The fraction of sp³-hybridized carbons (Fsp3) is 0.571. The minimum absolute atomic E-state index is 0.232. The molecule has 1 aromatic heterocycles. The van der Waals surface area contributed by atoms with Crippen molar-refractivity contribution in [3.63, 3.8) is 0 Å². The number of primary amides is 1. The highest BCUT2D eigenvalue weighted by atomic mass is 32.2. The molecule has 2 rings (SSSR count). The first kappa shape index (κ1) is 15.0. The summed E-state index contributed by atoms with van der Waals surface area (Å²) in [7, 11) is 0. The largest absolute Gasteiger partial charge is 0.397 e. The van der Waals surface area contributed by atoms with E-state index >= 15 is 0 Å².